The number of likely N-dealkylation sites (tertiary alicyclic amines) is 1. The third-order valence-electron chi connectivity index (χ3n) is 3.94. The van der Waals surface area contributed by atoms with Gasteiger partial charge in [-0.3, -0.25) is 9.89 Å². The number of nitrogens with one attached hydrogen (secondary N) is 2. The van der Waals surface area contributed by atoms with Gasteiger partial charge in [0, 0.05) is 37.6 Å². The van der Waals surface area contributed by atoms with E-state index < -0.39 is 12.7 Å². The molecule has 27 heavy (non-hydrogen) atoms. The van der Waals surface area contributed by atoms with Crippen LogP contribution in [0.25, 0.3) is 0 Å². The molecule has 1 aromatic carbocycles. The van der Waals surface area contributed by atoms with Crippen molar-refractivity contribution in [2.24, 2.45) is 4.99 Å². The van der Waals surface area contributed by atoms with E-state index >= 15 is 0 Å². The first-order valence-corrected chi connectivity index (χ1v) is 9.49. The van der Waals surface area contributed by atoms with E-state index in [-0.39, 0.29) is 35.8 Å². The summed E-state index contributed by atoms with van der Waals surface area (Å²) in [5, 5.41) is 6.36. The van der Waals surface area contributed by atoms with Crippen molar-refractivity contribution in [3.8, 4) is 0 Å². The maximum atomic E-state index is 12.8. The van der Waals surface area contributed by atoms with Crippen molar-refractivity contribution in [1.29, 1.82) is 0 Å². The fraction of sp³-hybridized carbons (Fsp3) is 0.588. The molecule has 2 N–H and O–H groups in total. The molecule has 0 aromatic heterocycles. The van der Waals surface area contributed by atoms with Crippen molar-refractivity contribution >= 4 is 41.7 Å². The molecule has 0 bridgehead atoms. The molecule has 1 unspecified atom stereocenters. The number of benzene rings is 1. The highest BCUT2D eigenvalue weighted by Gasteiger charge is 2.34. The molecule has 1 heterocycles. The lowest BCUT2D eigenvalue weighted by molar-refractivity contribution is -0.143. The Kier molecular flexibility index (Phi) is 10.7. The number of halogens is 5. The van der Waals surface area contributed by atoms with Gasteiger partial charge in [0.15, 0.2) is 5.96 Å². The summed E-state index contributed by atoms with van der Waals surface area (Å²) in [7, 11) is 1.64. The summed E-state index contributed by atoms with van der Waals surface area (Å²) in [5.74, 6) is 1.24. The van der Waals surface area contributed by atoms with Gasteiger partial charge in [0.2, 0.25) is 0 Å². The molecule has 2 rings (SSSR count). The average molecular weight is 520 g/mol. The van der Waals surface area contributed by atoms with E-state index in [0.29, 0.717) is 32.0 Å². The molecular formula is C17H25F4IN4S. The normalized spacial score (nSPS) is 18.3. The minimum Gasteiger partial charge on any atom is -0.356 e. The van der Waals surface area contributed by atoms with Gasteiger partial charge >= 0.3 is 6.18 Å². The molecule has 0 spiro atoms. The third-order valence-corrected chi connectivity index (χ3v) is 5.03. The van der Waals surface area contributed by atoms with Crippen molar-refractivity contribution < 1.29 is 17.6 Å². The maximum absolute atomic E-state index is 12.8. The summed E-state index contributed by atoms with van der Waals surface area (Å²) in [6.45, 7) is 0.633. The van der Waals surface area contributed by atoms with Gasteiger partial charge in [-0.2, -0.15) is 13.2 Å². The van der Waals surface area contributed by atoms with Gasteiger partial charge in [0.05, 0.1) is 6.54 Å². The van der Waals surface area contributed by atoms with Crippen LogP contribution in [0.2, 0.25) is 0 Å². The predicted molar refractivity (Wildman–Crippen MR) is 113 cm³/mol. The van der Waals surface area contributed by atoms with Crippen LogP contribution in [-0.4, -0.2) is 62.1 Å². The molecule has 154 valence electrons. The van der Waals surface area contributed by atoms with Gasteiger partial charge in [-0.15, -0.1) is 35.7 Å². The lowest BCUT2D eigenvalue weighted by atomic mass is 10.3. The van der Waals surface area contributed by atoms with Crippen molar-refractivity contribution in [3.63, 3.8) is 0 Å². The predicted octanol–water partition coefficient (Wildman–Crippen LogP) is 3.73. The molecule has 1 aromatic rings. The van der Waals surface area contributed by atoms with Crippen LogP contribution in [-0.2, 0) is 0 Å². The third kappa shape index (κ3) is 9.84. The number of rotatable bonds is 7. The Hall–Kier alpha value is -0.750. The van der Waals surface area contributed by atoms with Crippen LogP contribution >= 0.6 is 35.7 Å². The highest BCUT2D eigenvalue weighted by Crippen LogP contribution is 2.20. The van der Waals surface area contributed by atoms with E-state index in [1.165, 1.54) is 17.0 Å². The first kappa shape index (κ1) is 24.3. The molecule has 0 aliphatic carbocycles. The van der Waals surface area contributed by atoms with E-state index in [9.17, 15) is 17.6 Å². The molecule has 10 heteroatoms. The number of nitrogens with zero attached hydrogens (tertiary/aromatic N) is 2. The zero-order valence-corrected chi connectivity index (χ0v) is 18.2. The average Bonchev–Trinajstić information content (AvgIpc) is 3.00. The highest BCUT2D eigenvalue weighted by atomic mass is 127. The SMILES string of the molecule is CN=C(NCCCSc1ccc(F)cc1)NC1CCN(CC(F)(F)F)C1.I. The van der Waals surface area contributed by atoms with Crippen LogP contribution in [0, 0.1) is 5.82 Å². The number of thioether (sulfide) groups is 1. The summed E-state index contributed by atoms with van der Waals surface area (Å²) in [6, 6.07) is 6.35. The summed E-state index contributed by atoms with van der Waals surface area (Å²) in [4.78, 5) is 6.55. The fourth-order valence-corrected chi connectivity index (χ4v) is 3.59. The Morgan fingerprint density at radius 3 is 2.63 bits per heavy atom. The number of aliphatic imine (C=N–C) groups is 1. The number of hydrogen-bond donors (Lipinski definition) is 2. The van der Waals surface area contributed by atoms with Crippen LogP contribution < -0.4 is 10.6 Å². The molecule has 1 saturated heterocycles. The summed E-state index contributed by atoms with van der Waals surface area (Å²) >= 11 is 1.65. The van der Waals surface area contributed by atoms with Gasteiger partial charge in [-0.05, 0) is 42.9 Å². The molecule has 1 aliphatic heterocycles. The van der Waals surface area contributed by atoms with Gasteiger partial charge in [-0.25, -0.2) is 4.39 Å². The van der Waals surface area contributed by atoms with E-state index in [1.54, 1.807) is 30.9 Å². The molecule has 0 saturated carbocycles. The molecule has 0 radical (unpaired) electrons. The van der Waals surface area contributed by atoms with Crippen LogP contribution in [0.1, 0.15) is 12.8 Å². The van der Waals surface area contributed by atoms with Crippen molar-refractivity contribution in [1.82, 2.24) is 15.5 Å². The quantitative estimate of drug-likeness (QED) is 0.144. The second-order valence-corrected chi connectivity index (χ2v) is 7.30. The number of guanidine groups is 1. The van der Waals surface area contributed by atoms with Crippen LogP contribution in [0.3, 0.4) is 0 Å². The second-order valence-electron chi connectivity index (χ2n) is 6.14. The molecule has 4 nitrogen and oxygen atoms in total. The monoisotopic (exact) mass is 520 g/mol. The minimum absolute atomic E-state index is 0. The van der Waals surface area contributed by atoms with Gasteiger partial charge in [-0.1, -0.05) is 0 Å². The minimum atomic E-state index is -4.16. The first-order chi connectivity index (χ1) is 12.4. The molecule has 1 aliphatic rings. The summed E-state index contributed by atoms with van der Waals surface area (Å²) < 4.78 is 50.1. The van der Waals surface area contributed by atoms with Gasteiger partial charge in [0.1, 0.15) is 5.82 Å². The Bertz CT molecular complexity index is 583. The largest absolute Gasteiger partial charge is 0.401 e. The zero-order chi connectivity index (χ0) is 19.0. The van der Waals surface area contributed by atoms with Crippen LogP contribution in [0.15, 0.2) is 34.2 Å². The van der Waals surface area contributed by atoms with Crippen molar-refractivity contribution in [3.05, 3.63) is 30.1 Å². The Morgan fingerprint density at radius 1 is 1.30 bits per heavy atom. The van der Waals surface area contributed by atoms with E-state index in [0.717, 1.165) is 17.1 Å². The Balaban J connectivity index is 0.00000364. The summed E-state index contributed by atoms with van der Waals surface area (Å²) in [5.41, 5.74) is 0. The Morgan fingerprint density at radius 2 is 2.00 bits per heavy atom. The van der Waals surface area contributed by atoms with Gasteiger partial charge in [0.25, 0.3) is 0 Å². The molecule has 0 amide bonds. The van der Waals surface area contributed by atoms with Crippen LogP contribution in [0.4, 0.5) is 17.6 Å². The van der Waals surface area contributed by atoms with Crippen molar-refractivity contribution in [2.75, 3.05) is 39.0 Å². The van der Waals surface area contributed by atoms with Crippen LogP contribution in [0.5, 0.6) is 0 Å². The fourth-order valence-electron chi connectivity index (χ4n) is 2.74. The zero-order valence-electron chi connectivity index (χ0n) is 15.1. The summed E-state index contributed by atoms with van der Waals surface area (Å²) in [6.07, 6.45) is -2.61. The smallest absolute Gasteiger partial charge is 0.356 e. The molecule has 1 atom stereocenters. The highest BCUT2D eigenvalue weighted by molar-refractivity contribution is 14.0. The van der Waals surface area contributed by atoms with Gasteiger partial charge < -0.3 is 10.6 Å². The second kappa shape index (κ2) is 11.9. The maximum Gasteiger partial charge on any atom is 0.401 e. The lowest BCUT2D eigenvalue weighted by Crippen LogP contribution is -2.45. The van der Waals surface area contributed by atoms with E-state index in [2.05, 4.69) is 15.6 Å². The number of hydrogen-bond acceptors (Lipinski definition) is 3. The van der Waals surface area contributed by atoms with E-state index in [4.69, 9.17) is 0 Å². The van der Waals surface area contributed by atoms with E-state index in [1.807, 2.05) is 0 Å². The number of alkyl halides is 3. The Labute approximate surface area is 178 Å². The lowest BCUT2D eigenvalue weighted by Gasteiger charge is -2.19. The molecule has 1 fully saturated rings. The molecular weight excluding hydrogens is 495 g/mol. The standard InChI is InChI=1S/C17H24F4N4S.HI/c1-22-16(24-14-7-9-25(11-14)12-17(19,20)21)23-8-2-10-26-15-5-3-13(18)4-6-15;/h3-6,14H,2,7-12H2,1H3,(H2,22,23,24);1H. The topological polar surface area (TPSA) is 39.7 Å². The first-order valence-electron chi connectivity index (χ1n) is 8.50. The van der Waals surface area contributed by atoms with Crippen molar-refractivity contribution in [2.45, 2.75) is 30.0 Å².